The summed E-state index contributed by atoms with van der Waals surface area (Å²) < 4.78 is 19.1. The molecule has 0 radical (unpaired) electrons. The molecule has 3 atom stereocenters. The van der Waals surface area contributed by atoms with E-state index in [9.17, 15) is 18.8 Å². The molecule has 0 saturated heterocycles. The first-order chi connectivity index (χ1) is 17.4. The van der Waals surface area contributed by atoms with Crippen molar-refractivity contribution in [2.75, 3.05) is 11.5 Å². The Morgan fingerprint density at radius 1 is 1.06 bits per heavy atom. The smallest absolute Gasteiger partial charge is 0.317 e. The topological polar surface area (TPSA) is 63.7 Å². The highest BCUT2D eigenvalue weighted by Gasteiger charge is 2.50. The summed E-state index contributed by atoms with van der Waals surface area (Å²) in [5, 5.41) is 1.91. The van der Waals surface area contributed by atoms with Crippen molar-refractivity contribution in [3.05, 3.63) is 99.1 Å². The van der Waals surface area contributed by atoms with Gasteiger partial charge in [0, 0.05) is 40.1 Å². The molecule has 2 heterocycles. The maximum absolute atomic E-state index is 14.2. The number of esters is 1. The summed E-state index contributed by atoms with van der Waals surface area (Å²) in [6.45, 7) is 3.86. The lowest BCUT2D eigenvalue weighted by atomic mass is 9.69. The van der Waals surface area contributed by atoms with Crippen LogP contribution in [-0.2, 0) is 19.1 Å². The van der Waals surface area contributed by atoms with E-state index in [1.54, 1.807) is 24.0 Å². The Hall–Kier alpha value is -3.58. The van der Waals surface area contributed by atoms with Crippen molar-refractivity contribution in [2.24, 2.45) is 5.92 Å². The van der Waals surface area contributed by atoms with Gasteiger partial charge in [-0.15, -0.1) is 11.3 Å². The Morgan fingerprint density at radius 3 is 2.42 bits per heavy atom. The number of thiophene rings is 1. The molecule has 3 aromatic rings. The van der Waals surface area contributed by atoms with Crippen LogP contribution in [-0.4, -0.2) is 24.3 Å². The molecule has 184 valence electrons. The summed E-state index contributed by atoms with van der Waals surface area (Å²) >= 11 is 1.48. The van der Waals surface area contributed by atoms with Crippen molar-refractivity contribution in [2.45, 2.75) is 38.5 Å². The maximum Gasteiger partial charge on any atom is 0.317 e. The summed E-state index contributed by atoms with van der Waals surface area (Å²) in [6.07, 6.45) is 0.381. The standard InChI is InChI=1S/C29H26FNO4S/c1-3-35-29(34)27-22(24-5-4-14-36-24)15-23-26(28(27)33)21(18-8-10-19(30)11-9-18)16-25(32)31(23)20-12-6-17(2)7-13-20/h4-14,21-22,27H,3,15-16H2,1-2H3/t21-,22+,27+/m0/s1. The van der Waals surface area contributed by atoms with E-state index < -0.39 is 29.5 Å². The van der Waals surface area contributed by atoms with Crippen LogP contribution in [0, 0.1) is 18.7 Å². The number of ether oxygens (including phenoxy) is 1. The number of hydrogen-bond acceptors (Lipinski definition) is 5. The van der Waals surface area contributed by atoms with Crippen LogP contribution in [0.25, 0.3) is 0 Å². The molecule has 0 fully saturated rings. The van der Waals surface area contributed by atoms with Crippen molar-refractivity contribution in [3.63, 3.8) is 0 Å². The predicted octanol–water partition coefficient (Wildman–Crippen LogP) is 5.91. The Balaban J connectivity index is 1.71. The van der Waals surface area contributed by atoms with Gasteiger partial charge in [0.2, 0.25) is 5.91 Å². The minimum absolute atomic E-state index is 0.0449. The third-order valence-corrected chi connectivity index (χ3v) is 7.94. The fourth-order valence-electron chi connectivity index (χ4n) is 5.28. The van der Waals surface area contributed by atoms with Crippen LogP contribution in [0.2, 0.25) is 0 Å². The number of allylic oxidation sites excluding steroid dienone is 2. The van der Waals surface area contributed by atoms with Gasteiger partial charge in [-0.05, 0) is 61.5 Å². The van der Waals surface area contributed by atoms with E-state index in [1.165, 1.54) is 23.5 Å². The van der Waals surface area contributed by atoms with Gasteiger partial charge in [-0.1, -0.05) is 35.9 Å². The first-order valence-electron chi connectivity index (χ1n) is 12.0. The van der Waals surface area contributed by atoms with Crippen LogP contribution in [0.5, 0.6) is 0 Å². The lowest BCUT2D eigenvalue weighted by Crippen LogP contribution is -2.46. The lowest BCUT2D eigenvalue weighted by Gasteiger charge is -2.42. The third-order valence-electron chi connectivity index (χ3n) is 6.93. The molecule has 0 saturated carbocycles. The number of halogens is 1. The van der Waals surface area contributed by atoms with Crippen molar-refractivity contribution < 1.29 is 23.5 Å². The number of ketones is 1. The van der Waals surface area contributed by atoms with Gasteiger partial charge in [-0.2, -0.15) is 0 Å². The molecular weight excluding hydrogens is 477 g/mol. The van der Waals surface area contributed by atoms with Gasteiger partial charge >= 0.3 is 5.97 Å². The average molecular weight is 504 g/mol. The van der Waals surface area contributed by atoms with E-state index in [2.05, 4.69) is 0 Å². The first-order valence-corrected chi connectivity index (χ1v) is 12.9. The highest BCUT2D eigenvalue weighted by molar-refractivity contribution is 7.10. The molecule has 7 heteroatoms. The number of carbonyl (C=O) groups excluding carboxylic acids is 3. The zero-order chi connectivity index (χ0) is 25.4. The zero-order valence-electron chi connectivity index (χ0n) is 20.1. The summed E-state index contributed by atoms with van der Waals surface area (Å²) in [5.74, 6) is -3.42. The van der Waals surface area contributed by atoms with Crippen molar-refractivity contribution >= 4 is 34.7 Å². The van der Waals surface area contributed by atoms with Crippen LogP contribution in [0.15, 0.2) is 77.3 Å². The molecule has 0 spiro atoms. The number of anilines is 1. The summed E-state index contributed by atoms with van der Waals surface area (Å²) in [4.78, 5) is 43.5. The SMILES string of the molecule is CCOC(=O)[C@H]1C(=O)C2=C(C[C@@H]1c1cccs1)N(c1ccc(C)cc1)C(=O)C[C@H]2c1ccc(F)cc1. The van der Waals surface area contributed by atoms with Crippen LogP contribution in [0.1, 0.15) is 47.6 Å². The number of rotatable bonds is 5. The Bertz CT molecular complexity index is 1330. The molecule has 0 bridgehead atoms. The highest BCUT2D eigenvalue weighted by Crippen LogP contribution is 2.50. The minimum Gasteiger partial charge on any atom is -0.465 e. The maximum atomic E-state index is 14.2. The minimum atomic E-state index is -1.00. The monoisotopic (exact) mass is 503 g/mol. The van der Waals surface area contributed by atoms with Crippen LogP contribution < -0.4 is 4.90 Å². The van der Waals surface area contributed by atoms with Gasteiger partial charge in [0.1, 0.15) is 11.7 Å². The van der Waals surface area contributed by atoms with Gasteiger partial charge in [0.25, 0.3) is 0 Å². The zero-order valence-corrected chi connectivity index (χ0v) is 20.9. The molecule has 1 aliphatic carbocycles. The fourth-order valence-corrected chi connectivity index (χ4v) is 6.14. The Labute approximate surface area is 213 Å². The van der Waals surface area contributed by atoms with E-state index in [0.717, 1.165) is 10.4 Å². The van der Waals surface area contributed by atoms with E-state index in [1.807, 2.05) is 48.7 Å². The van der Waals surface area contributed by atoms with Gasteiger partial charge in [-0.25, -0.2) is 4.39 Å². The number of carbonyl (C=O) groups is 3. The second-order valence-electron chi connectivity index (χ2n) is 9.15. The molecule has 2 aromatic carbocycles. The van der Waals surface area contributed by atoms with Gasteiger partial charge in [0.15, 0.2) is 5.78 Å². The average Bonchev–Trinajstić information content (AvgIpc) is 3.40. The molecule has 2 aliphatic rings. The second-order valence-corrected chi connectivity index (χ2v) is 10.1. The number of benzene rings is 2. The van der Waals surface area contributed by atoms with Crippen LogP contribution in [0.4, 0.5) is 10.1 Å². The third kappa shape index (κ3) is 4.28. The quantitative estimate of drug-likeness (QED) is 0.321. The molecule has 36 heavy (non-hydrogen) atoms. The molecule has 1 amide bonds. The van der Waals surface area contributed by atoms with Gasteiger partial charge in [0.05, 0.1) is 6.61 Å². The normalized spacial score (nSPS) is 22.0. The summed E-state index contributed by atoms with van der Waals surface area (Å²) in [7, 11) is 0. The Morgan fingerprint density at radius 2 is 1.78 bits per heavy atom. The van der Waals surface area contributed by atoms with Crippen molar-refractivity contribution in [1.82, 2.24) is 0 Å². The number of hydrogen-bond donors (Lipinski definition) is 0. The molecule has 5 rings (SSSR count). The first kappa shape index (κ1) is 24.1. The van der Waals surface area contributed by atoms with Gasteiger partial charge < -0.3 is 4.74 Å². The van der Waals surface area contributed by atoms with E-state index >= 15 is 0 Å². The molecule has 0 N–H and O–H groups in total. The Kier molecular flexibility index (Phi) is 6.58. The van der Waals surface area contributed by atoms with Gasteiger partial charge in [-0.3, -0.25) is 19.3 Å². The molecule has 1 aliphatic heterocycles. The number of amides is 1. The highest BCUT2D eigenvalue weighted by atomic mass is 32.1. The summed E-state index contributed by atoms with van der Waals surface area (Å²) in [6, 6.07) is 17.3. The number of aryl methyl sites for hydroxylation is 1. The molecule has 0 unspecified atom stereocenters. The molecule has 1 aromatic heterocycles. The summed E-state index contributed by atoms with van der Waals surface area (Å²) in [5.41, 5.74) is 3.45. The second kappa shape index (κ2) is 9.82. The van der Waals surface area contributed by atoms with Crippen LogP contribution in [0.3, 0.4) is 0 Å². The largest absolute Gasteiger partial charge is 0.465 e. The fraction of sp³-hybridized carbons (Fsp3) is 0.276. The molecule has 5 nitrogen and oxygen atoms in total. The molecular formula is C29H26FNO4S. The number of Topliss-reactive ketones (excluding diaryl/α,β-unsaturated/α-hetero) is 1. The van der Waals surface area contributed by atoms with Crippen LogP contribution >= 0.6 is 11.3 Å². The van der Waals surface area contributed by atoms with E-state index in [4.69, 9.17) is 4.74 Å². The number of nitrogens with zero attached hydrogens (tertiary/aromatic N) is 1. The lowest BCUT2D eigenvalue weighted by molar-refractivity contribution is -0.152. The van der Waals surface area contributed by atoms with Crippen molar-refractivity contribution in [3.8, 4) is 0 Å². The van der Waals surface area contributed by atoms with Crippen molar-refractivity contribution in [1.29, 1.82) is 0 Å². The van der Waals surface area contributed by atoms with E-state index in [0.29, 0.717) is 28.9 Å². The predicted molar refractivity (Wildman–Crippen MR) is 136 cm³/mol. The van der Waals surface area contributed by atoms with E-state index in [-0.39, 0.29) is 24.7 Å².